The van der Waals surface area contributed by atoms with Crippen LogP contribution in [0.2, 0.25) is 0 Å². The Labute approximate surface area is 118 Å². The molecule has 0 saturated carbocycles. The summed E-state index contributed by atoms with van der Waals surface area (Å²) < 4.78 is 43.2. The Balaban J connectivity index is 2.22. The molecule has 116 valence electrons. The Morgan fingerprint density at radius 1 is 1.14 bits per heavy atom. The van der Waals surface area contributed by atoms with Gasteiger partial charge in [-0.05, 0) is 18.2 Å². The number of halogens is 3. The maximum atomic E-state index is 12.6. The molecule has 0 aliphatic carbocycles. The molecular weight excluding hydrogens is 289 g/mol. The van der Waals surface area contributed by atoms with Crippen LogP contribution in [-0.2, 0) is 12.7 Å². The smallest absolute Gasteiger partial charge is 0.416 e. The first kappa shape index (κ1) is 15.7. The molecule has 1 heterocycles. The fourth-order valence-corrected chi connectivity index (χ4v) is 1.96. The number of aromatic nitrogens is 1. The number of oxazole rings is 1. The Bertz CT molecular complexity index is 592. The van der Waals surface area contributed by atoms with E-state index in [-0.39, 0.29) is 36.7 Å². The average Bonchev–Trinajstić information content (AvgIpc) is 2.79. The molecular formula is C13H15F3N2O3. The largest absolute Gasteiger partial charge is 0.439 e. The Morgan fingerprint density at radius 3 is 2.38 bits per heavy atom. The second-order valence-electron chi connectivity index (χ2n) is 4.51. The van der Waals surface area contributed by atoms with Crippen LogP contribution in [0.1, 0.15) is 11.5 Å². The van der Waals surface area contributed by atoms with E-state index in [0.717, 1.165) is 12.1 Å². The third kappa shape index (κ3) is 3.93. The molecule has 2 aromatic rings. The van der Waals surface area contributed by atoms with Crippen molar-refractivity contribution in [2.45, 2.75) is 12.7 Å². The fraction of sp³-hybridized carbons (Fsp3) is 0.462. The second-order valence-corrected chi connectivity index (χ2v) is 4.51. The van der Waals surface area contributed by atoms with Gasteiger partial charge in [-0.2, -0.15) is 13.2 Å². The predicted octanol–water partition coefficient (Wildman–Crippen LogP) is 1.63. The van der Waals surface area contributed by atoms with Crippen molar-refractivity contribution in [3.05, 3.63) is 29.7 Å². The van der Waals surface area contributed by atoms with Crippen molar-refractivity contribution in [2.75, 3.05) is 26.3 Å². The molecule has 0 saturated heterocycles. The van der Waals surface area contributed by atoms with Crippen molar-refractivity contribution in [1.29, 1.82) is 0 Å². The van der Waals surface area contributed by atoms with Gasteiger partial charge in [-0.15, -0.1) is 0 Å². The molecule has 0 amide bonds. The van der Waals surface area contributed by atoms with Gasteiger partial charge in [-0.1, -0.05) is 0 Å². The third-order valence-electron chi connectivity index (χ3n) is 2.95. The minimum absolute atomic E-state index is 0.0988. The van der Waals surface area contributed by atoms with Gasteiger partial charge in [0.1, 0.15) is 5.52 Å². The fourth-order valence-electron chi connectivity index (χ4n) is 1.96. The van der Waals surface area contributed by atoms with Crippen LogP contribution < -0.4 is 0 Å². The minimum Gasteiger partial charge on any atom is -0.439 e. The van der Waals surface area contributed by atoms with Crippen LogP contribution in [0.25, 0.3) is 11.1 Å². The monoisotopic (exact) mass is 304 g/mol. The molecule has 0 spiro atoms. The lowest BCUT2D eigenvalue weighted by Gasteiger charge is -2.17. The molecule has 0 aliphatic rings. The number of aliphatic hydroxyl groups is 2. The molecule has 1 aromatic carbocycles. The van der Waals surface area contributed by atoms with Crippen LogP contribution >= 0.6 is 0 Å². The molecule has 0 bridgehead atoms. The van der Waals surface area contributed by atoms with Gasteiger partial charge < -0.3 is 14.6 Å². The molecule has 2 N–H and O–H groups in total. The van der Waals surface area contributed by atoms with E-state index in [4.69, 9.17) is 14.6 Å². The summed E-state index contributed by atoms with van der Waals surface area (Å²) in [6.45, 7) is 0.633. The van der Waals surface area contributed by atoms with E-state index >= 15 is 0 Å². The maximum Gasteiger partial charge on any atom is 0.416 e. The van der Waals surface area contributed by atoms with Crippen molar-refractivity contribution in [2.24, 2.45) is 0 Å². The number of fused-ring (bicyclic) bond motifs is 1. The summed E-state index contributed by atoms with van der Waals surface area (Å²) in [6.07, 6.45) is -4.42. The van der Waals surface area contributed by atoms with Gasteiger partial charge in [0.2, 0.25) is 5.89 Å². The highest BCUT2D eigenvalue weighted by Crippen LogP contribution is 2.31. The number of alkyl halides is 3. The van der Waals surface area contributed by atoms with E-state index in [0.29, 0.717) is 13.1 Å². The van der Waals surface area contributed by atoms with Crippen LogP contribution in [0.4, 0.5) is 13.2 Å². The van der Waals surface area contributed by atoms with Gasteiger partial charge in [0.15, 0.2) is 5.58 Å². The predicted molar refractivity (Wildman–Crippen MR) is 68.5 cm³/mol. The average molecular weight is 304 g/mol. The van der Waals surface area contributed by atoms with Gasteiger partial charge in [0.25, 0.3) is 0 Å². The molecule has 0 unspecified atom stereocenters. The van der Waals surface area contributed by atoms with E-state index in [2.05, 4.69) is 4.98 Å². The summed E-state index contributed by atoms with van der Waals surface area (Å²) in [5.74, 6) is 0.242. The molecule has 0 aliphatic heterocycles. The first-order valence-corrected chi connectivity index (χ1v) is 6.35. The summed E-state index contributed by atoms with van der Waals surface area (Å²) in [4.78, 5) is 5.71. The normalized spacial score (nSPS) is 12.5. The lowest BCUT2D eigenvalue weighted by atomic mass is 10.2. The molecule has 0 atom stereocenters. The van der Waals surface area contributed by atoms with E-state index in [1.807, 2.05) is 0 Å². The molecule has 5 nitrogen and oxygen atoms in total. The summed E-state index contributed by atoms with van der Waals surface area (Å²) in [7, 11) is 0. The highest BCUT2D eigenvalue weighted by atomic mass is 19.4. The van der Waals surface area contributed by atoms with E-state index < -0.39 is 11.7 Å². The highest BCUT2D eigenvalue weighted by molar-refractivity contribution is 5.73. The number of rotatable bonds is 6. The van der Waals surface area contributed by atoms with E-state index in [9.17, 15) is 13.2 Å². The van der Waals surface area contributed by atoms with Crippen molar-refractivity contribution < 1.29 is 27.8 Å². The first-order valence-electron chi connectivity index (χ1n) is 6.35. The zero-order valence-electron chi connectivity index (χ0n) is 11.1. The molecule has 2 rings (SSSR count). The molecule has 21 heavy (non-hydrogen) atoms. The van der Waals surface area contributed by atoms with E-state index in [1.165, 1.54) is 6.07 Å². The summed E-state index contributed by atoms with van der Waals surface area (Å²) in [6, 6.07) is 3.11. The zero-order valence-corrected chi connectivity index (χ0v) is 11.1. The molecule has 0 fully saturated rings. The topological polar surface area (TPSA) is 69.7 Å². The number of hydrogen-bond acceptors (Lipinski definition) is 5. The first-order chi connectivity index (χ1) is 9.94. The number of benzene rings is 1. The highest BCUT2D eigenvalue weighted by Gasteiger charge is 2.31. The van der Waals surface area contributed by atoms with Gasteiger partial charge in [-0.3, -0.25) is 4.90 Å². The van der Waals surface area contributed by atoms with Crippen LogP contribution in [0, 0.1) is 0 Å². The molecule has 1 aromatic heterocycles. The van der Waals surface area contributed by atoms with Gasteiger partial charge >= 0.3 is 6.18 Å². The third-order valence-corrected chi connectivity index (χ3v) is 2.95. The summed E-state index contributed by atoms with van der Waals surface area (Å²) in [5.41, 5.74) is -0.379. The van der Waals surface area contributed by atoms with Gasteiger partial charge in [0.05, 0.1) is 25.3 Å². The van der Waals surface area contributed by atoms with Crippen LogP contribution in [-0.4, -0.2) is 46.4 Å². The van der Waals surface area contributed by atoms with E-state index in [1.54, 1.807) is 4.90 Å². The standard InChI is InChI=1S/C13H15F3N2O3/c14-13(15,16)9-1-2-11-10(7-9)17-12(21-11)8-18(3-5-19)4-6-20/h1-2,7,19-20H,3-6,8H2. The van der Waals surface area contributed by atoms with Crippen molar-refractivity contribution >= 4 is 11.1 Å². The Kier molecular flexibility index (Phi) is 4.81. The number of nitrogens with zero attached hydrogens (tertiary/aromatic N) is 2. The lowest BCUT2D eigenvalue weighted by molar-refractivity contribution is -0.137. The summed E-state index contributed by atoms with van der Waals surface area (Å²) in [5, 5.41) is 17.8. The van der Waals surface area contributed by atoms with Crippen LogP contribution in [0.3, 0.4) is 0 Å². The molecule has 0 radical (unpaired) electrons. The SMILES string of the molecule is OCCN(CCO)Cc1nc2cc(C(F)(F)F)ccc2o1. The maximum absolute atomic E-state index is 12.6. The lowest BCUT2D eigenvalue weighted by Crippen LogP contribution is -2.29. The van der Waals surface area contributed by atoms with Crippen molar-refractivity contribution in [1.82, 2.24) is 9.88 Å². The van der Waals surface area contributed by atoms with Gasteiger partial charge in [-0.25, -0.2) is 4.98 Å². The quantitative estimate of drug-likeness (QED) is 0.849. The van der Waals surface area contributed by atoms with Crippen LogP contribution in [0.15, 0.2) is 22.6 Å². The Hall–Kier alpha value is -1.64. The number of hydrogen-bond donors (Lipinski definition) is 2. The van der Waals surface area contributed by atoms with Crippen molar-refractivity contribution in [3.63, 3.8) is 0 Å². The zero-order chi connectivity index (χ0) is 15.5. The van der Waals surface area contributed by atoms with Crippen molar-refractivity contribution in [3.8, 4) is 0 Å². The number of aliphatic hydroxyl groups excluding tert-OH is 2. The van der Waals surface area contributed by atoms with Gasteiger partial charge in [0, 0.05) is 13.1 Å². The Morgan fingerprint density at radius 2 is 1.81 bits per heavy atom. The minimum atomic E-state index is -4.42. The van der Waals surface area contributed by atoms with Crippen LogP contribution in [0.5, 0.6) is 0 Å². The molecule has 8 heteroatoms. The second kappa shape index (κ2) is 6.42. The summed E-state index contributed by atoms with van der Waals surface area (Å²) >= 11 is 0.